The van der Waals surface area contributed by atoms with Crippen molar-refractivity contribution in [2.24, 2.45) is 0 Å². The molecule has 1 fully saturated rings. The highest BCUT2D eigenvalue weighted by molar-refractivity contribution is 6.30. The molecule has 2 aromatic rings. The van der Waals surface area contributed by atoms with Gasteiger partial charge < -0.3 is 10.1 Å². The number of halogens is 1. The second-order valence-electron chi connectivity index (χ2n) is 4.59. The molecule has 0 aliphatic heterocycles. The van der Waals surface area contributed by atoms with Crippen molar-refractivity contribution >= 4 is 11.6 Å². The third kappa shape index (κ3) is 3.66. The molecule has 0 spiro atoms. The highest BCUT2D eigenvalue weighted by atomic mass is 35.5. The molecule has 4 nitrogen and oxygen atoms in total. The standard InChI is InChI=1S/C14H14ClN3O/c15-11-2-1-3-13(6-11)19-14-17-8-10(9-18-14)7-16-12-4-5-12/h1-3,6,8-9,12,16H,4-5,7H2. The lowest BCUT2D eigenvalue weighted by atomic mass is 10.3. The van der Waals surface area contributed by atoms with E-state index in [4.69, 9.17) is 16.3 Å². The number of ether oxygens (including phenoxy) is 1. The van der Waals surface area contributed by atoms with E-state index in [1.165, 1.54) is 12.8 Å². The number of benzene rings is 1. The summed E-state index contributed by atoms with van der Waals surface area (Å²) in [5, 5.41) is 4.04. The van der Waals surface area contributed by atoms with Gasteiger partial charge in [-0.25, -0.2) is 9.97 Å². The molecule has 19 heavy (non-hydrogen) atoms. The van der Waals surface area contributed by atoms with E-state index in [0.717, 1.165) is 12.1 Å². The maximum atomic E-state index is 5.88. The van der Waals surface area contributed by atoms with Crippen LogP contribution >= 0.6 is 11.6 Å². The largest absolute Gasteiger partial charge is 0.424 e. The van der Waals surface area contributed by atoms with Crippen molar-refractivity contribution in [1.82, 2.24) is 15.3 Å². The van der Waals surface area contributed by atoms with Crippen molar-refractivity contribution in [3.05, 3.63) is 47.2 Å². The molecular weight excluding hydrogens is 262 g/mol. The Morgan fingerprint density at radius 2 is 2.05 bits per heavy atom. The average molecular weight is 276 g/mol. The van der Waals surface area contributed by atoms with Crippen LogP contribution in [0, 0.1) is 0 Å². The molecule has 98 valence electrons. The predicted octanol–water partition coefficient (Wildman–Crippen LogP) is 3.17. The molecule has 0 bridgehead atoms. The van der Waals surface area contributed by atoms with Crippen LogP contribution in [0.1, 0.15) is 18.4 Å². The normalized spacial score (nSPS) is 14.4. The van der Waals surface area contributed by atoms with E-state index < -0.39 is 0 Å². The minimum atomic E-state index is 0.331. The Hall–Kier alpha value is -1.65. The van der Waals surface area contributed by atoms with Crippen molar-refractivity contribution in [3.63, 3.8) is 0 Å². The molecule has 1 aliphatic carbocycles. The summed E-state index contributed by atoms with van der Waals surface area (Å²) < 4.78 is 5.53. The molecule has 1 saturated carbocycles. The van der Waals surface area contributed by atoms with Crippen LogP contribution in [0.3, 0.4) is 0 Å². The predicted molar refractivity (Wildman–Crippen MR) is 73.4 cm³/mol. The average Bonchev–Trinajstić information content (AvgIpc) is 3.22. The van der Waals surface area contributed by atoms with E-state index in [0.29, 0.717) is 22.8 Å². The molecule has 0 radical (unpaired) electrons. The molecule has 3 rings (SSSR count). The van der Waals surface area contributed by atoms with Gasteiger partial charge in [0.25, 0.3) is 0 Å². The summed E-state index contributed by atoms with van der Waals surface area (Å²) in [7, 11) is 0. The SMILES string of the molecule is Clc1cccc(Oc2ncc(CNC3CC3)cn2)c1. The Morgan fingerprint density at radius 3 is 2.74 bits per heavy atom. The Morgan fingerprint density at radius 1 is 1.26 bits per heavy atom. The molecular formula is C14H14ClN3O. The van der Waals surface area contributed by atoms with Crippen molar-refractivity contribution in [2.75, 3.05) is 0 Å². The van der Waals surface area contributed by atoms with Crippen LogP contribution in [0.15, 0.2) is 36.7 Å². The van der Waals surface area contributed by atoms with E-state index in [1.807, 2.05) is 12.1 Å². The lowest BCUT2D eigenvalue weighted by molar-refractivity contribution is 0.440. The van der Waals surface area contributed by atoms with Crippen LogP contribution in [0.25, 0.3) is 0 Å². The third-order valence-corrected chi connectivity index (χ3v) is 3.09. The van der Waals surface area contributed by atoms with Crippen LogP contribution < -0.4 is 10.1 Å². The summed E-state index contributed by atoms with van der Waals surface area (Å²) in [6.07, 6.45) is 6.11. The number of hydrogen-bond donors (Lipinski definition) is 1. The van der Waals surface area contributed by atoms with Crippen molar-refractivity contribution in [3.8, 4) is 11.8 Å². The van der Waals surface area contributed by atoms with Gasteiger partial charge in [0.1, 0.15) is 5.75 Å². The van der Waals surface area contributed by atoms with Crippen LogP contribution in [0.5, 0.6) is 11.8 Å². The van der Waals surface area contributed by atoms with Gasteiger partial charge in [0.05, 0.1) is 0 Å². The first kappa shape index (κ1) is 12.4. The zero-order valence-electron chi connectivity index (χ0n) is 10.3. The van der Waals surface area contributed by atoms with Gasteiger partial charge in [0.2, 0.25) is 0 Å². The Balaban J connectivity index is 1.61. The Kier molecular flexibility index (Phi) is 3.62. The molecule has 0 unspecified atom stereocenters. The lowest BCUT2D eigenvalue weighted by Gasteiger charge is -2.05. The summed E-state index contributed by atoms with van der Waals surface area (Å²) in [5.74, 6) is 0.636. The van der Waals surface area contributed by atoms with E-state index in [2.05, 4.69) is 15.3 Å². The summed E-state index contributed by atoms with van der Waals surface area (Å²) in [6.45, 7) is 0.808. The fourth-order valence-corrected chi connectivity index (χ4v) is 1.85. The molecule has 1 N–H and O–H groups in total. The van der Waals surface area contributed by atoms with Gasteiger partial charge in [0.15, 0.2) is 0 Å². The maximum absolute atomic E-state index is 5.88. The first-order valence-electron chi connectivity index (χ1n) is 6.27. The van der Waals surface area contributed by atoms with Gasteiger partial charge in [0, 0.05) is 35.6 Å². The van der Waals surface area contributed by atoms with Crippen molar-refractivity contribution in [1.29, 1.82) is 0 Å². The zero-order valence-corrected chi connectivity index (χ0v) is 11.1. The van der Waals surface area contributed by atoms with Crippen LogP contribution in [-0.4, -0.2) is 16.0 Å². The van der Waals surface area contributed by atoms with E-state index in [1.54, 1.807) is 24.5 Å². The molecule has 1 aromatic carbocycles. The second-order valence-corrected chi connectivity index (χ2v) is 5.02. The fourth-order valence-electron chi connectivity index (χ4n) is 1.67. The number of rotatable bonds is 5. The third-order valence-electron chi connectivity index (χ3n) is 2.86. The monoisotopic (exact) mass is 275 g/mol. The van der Waals surface area contributed by atoms with Gasteiger partial charge in [-0.1, -0.05) is 17.7 Å². The van der Waals surface area contributed by atoms with Crippen LogP contribution in [0.4, 0.5) is 0 Å². The fraction of sp³-hybridized carbons (Fsp3) is 0.286. The summed E-state index contributed by atoms with van der Waals surface area (Å²) >= 11 is 5.88. The molecule has 5 heteroatoms. The van der Waals surface area contributed by atoms with Crippen LogP contribution in [0.2, 0.25) is 5.02 Å². The van der Waals surface area contributed by atoms with Gasteiger partial charge in [-0.2, -0.15) is 0 Å². The molecule has 0 amide bonds. The van der Waals surface area contributed by atoms with Crippen molar-refractivity contribution < 1.29 is 4.74 Å². The number of nitrogens with zero attached hydrogens (tertiary/aromatic N) is 2. The highest BCUT2D eigenvalue weighted by Crippen LogP contribution is 2.22. The molecule has 1 aromatic heterocycles. The molecule has 1 aliphatic rings. The smallest absolute Gasteiger partial charge is 0.321 e. The maximum Gasteiger partial charge on any atom is 0.321 e. The van der Waals surface area contributed by atoms with Gasteiger partial charge in [-0.3, -0.25) is 0 Å². The minimum absolute atomic E-state index is 0.331. The minimum Gasteiger partial charge on any atom is -0.424 e. The summed E-state index contributed by atoms with van der Waals surface area (Å²) in [4.78, 5) is 8.37. The first-order chi connectivity index (χ1) is 9.29. The summed E-state index contributed by atoms with van der Waals surface area (Å²) in [6, 6.07) is 8.18. The summed E-state index contributed by atoms with van der Waals surface area (Å²) in [5.41, 5.74) is 1.06. The van der Waals surface area contributed by atoms with Gasteiger partial charge in [-0.05, 0) is 31.0 Å². The number of aromatic nitrogens is 2. The van der Waals surface area contributed by atoms with Gasteiger partial charge >= 0.3 is 6.01 Å². The number of hydrogen-bond acceptors (Lipinski definition) is 4. The molecule has 1 heterocycles. The Labute approximate surface area is 116 Å². The highest BCUT2D eigenvalue weighted by Gasteiger charge is 2.19. The topological polar surface area (TPSA) is 47.0 Å². The van der Waals surface area contributed by atoms with E-state index in [9.17, 15) is 0 Å². The Bertz CT molecular complexity index is 555. The van der Waals surface area contributed by atoms with E-state index in [-0.39, 0.29) is 0 Å². The number of nitrogens with one attached hydrogen (secondary N) is 1. The first-order valence-corrected chi connectivity index (χ1v) is 6.65. The second kappa shape index (κ2) is 5.55. The lowest BCUT2D eigenvalue weighted by Crippen LogP contribution is -2.15. The molecule has 0 atom stereocenters. The van der Waals surface area contributed by atoms with Crippen LogP contribution in [-0.2, 0) is 6.54 Å². The molecule has 0 saturated heterocycles. The quantitative estimate of drug-likeness (QED) is 0.910. The van der Waals surface area contributed by atoms with E-state index >= 15 is 0 Å². The zero-order chi connectivity index (χ0) is 13.1. The van der Waals surface area contributed by atoms with Crippen molar-refractivity contribution in [2.45, 2.75) is 25.4 Å². The van der Waals surface area contributed by atoms with Gasteiger partial charge in [-0.15, -0.1) is 0 Å².